The molecule has 0 amide bonds. The number of nitrogens with zero attached hydrogens (tertiary/aromatic N) is 1. The largest absolute Gasteiger partial charge is 0.491 e. The van der Waals surface area contributed by atoms with E-state index in [1.165, 1.54) is 11.3 Å². The summed E-state index contributed by atoms with van der Waals surface area (Å²) >= 11 is 0. The number of fused-ring (bicyclic) bond motifs is 1. The van der Waals surface area contributed by atoms with Crippen LogP contribution in [0.1, 0.15) is 12.0 Å². The zero-order valence-corrected chi connectivity index (χ0v) is 8.21. The van der Waals surface area contributed by atoms with Crippen LogP contribution in [0.4, 0.5) is 5.69 Å². The maximum Gasteiger partial charge on any atom is 0.142 e. The summed E-state index contributed by atoms with van der Waals surface area (Å²) in [6.07, 6.45) is 1.10. The van der Waals surface area contributed by atoms with E-state index >= 15 is 0 Å². The minimum atomic E-state index is 0.834. The van der Waals surface area contributed by atoms with E-state index in [1.54, 1.807) is 0 Å². The fraction of sp³-hybridized carbons (Fsp3) is 0.455. The summed E-state index contributed by atoms with van der Waals surface area (Å²) in [6, 6.07) is 6.37. The average molecular weight is 177 g/mol. The molecule has 2 heteroatoms. The van der Waals surface area contributed by atoms with E-state index in [4.69, 9.17) is 4.74 Å². The molecular formula is C11H15NO. The van der Waals surface area contributed by atoms with Crippen molar-refractivity contribution in [3.63, 3.8) is 0 Å². The lowest BCUT2D eigenvalue weighted by molar-refractivity contribution is 0.322. The van der Waals surface area contributed by atoms with Gasteiger partial charge in [0.15, 0.2) is 0 Å². The van der Waals surface area contributed by atoms with Crippen molar-refractivity contribution in [3.05, 3.63) is 23.8 Å². The lowest BCUT2D eigenvalue weighted by Gasteiger charge is -2.17. The van der Waals surface area contributed by atoms with E-state index in [2.05, 4.69) is 37.1 Å². The standard InChI is InChI=1S/C11H15NO/c1-9-4-5-10-11(8-9)13-7-3-6-12(10)2/h4-5,8H,3,6-7H2,1-2H3. The molecule has 0 unspecified atom stereocenters. The van der Waals surface area contributed by atoms with Gasteiger partial charge in [0.05, 0.1) is 12.3 Å². The summed E-state index contributed by atoms with van der Waals surface area (Å²) in [7, 11) is 2.11. The van der Waals surface area contributed by atoms with Crippen LogP contribution in [0.5, 0.6) is 5.75 Å². The number of anilines is 1. The zero-order valence-electron chi connectivity index (χ0n) is 8.21. The molecule has 0 aromatic heterocycles. The summed E-state index contributed by atoms with van der Waals surface area (Å²) < 4.78 is 5.66. The highest BCUT2D eigenvalue weighted by molar-refractivity contribution is 5.59. The number of aryl methyl sites for hydroxylation is 1. The van der Waals surface area contributed by atoms with Crippen molar-refractivity contribution in [2.24, 2.45) is 0 Å². The lowest BCUT2D eigenvalue weighted by atomic mass is 10.2. The summed E-state index contributed by atoms with van der Waals surface area (Å²) in [5.41, 5.74) is 2.47. The summed E-state index contributed by atoms with van der Waals surface area (Å²) in [6.45, 7) is 4.01. The van der Waals surface area contributed by atoms with Gasteiger partial charge in [-0.1, -0.05) is 6.07 Å². The van der Waals surface area contributed by atoms with Gasteiger partial charge in [0.25, 0.3) is 0 Å². The predicted molar refractivity (Wildman–Crippen MR) is 54.6 cm³/mol. The first kappa shape index (κ1) is 8.42. The minimum absolute atomic E-state index is 0.834. The molecule has 2 nitrogen and oxygen atoms in total. The lowest BCUT2D eigenvalue weighted by Crippen LogP contribution is -2.17. The second-order valence-electron chi connectivity index (χ2n) is 3.59. The smallest absolute Gasteiger partial charge is 0.142 e. The molecule has 0 fully saturated rings. The number of hydrogen-bond donors (Lipinski definition) is 0. The van der Waals surface area contributed by atoms with Gasteiger partial charge in [-0.15, -0.1) is 0 Å². The van der Waals surface area contributed by atoms with Crippen LogP contribution in [0.3, 0.4) is 0 Å². The van der Waals surface area contributed by atoms with Crippen LogP contribution < -0.4 is 9.64 Å². The molecule has 1 aromatic carbocycles. The van der Waals surface area contributed by atoms with Crippen LogP contribution in [0.2, 0.25) is 0 Å². The maximum atomic E-state index is 5.66. The molecule has 1 aliphatic rings. The monoisotopic (exact) mass is 177 g/mol. The van der Waals surface area contributed by atoms with E-state index in [-0.39, 0.29) is 0 Å². The molecule has 70 valence electrons. The van der Waals surface area contributed by atoms with Crippen molar-refractivity contribution in [3.8, 4) is 5.75 Å². The Hall–Kier alpha value is -1.18. The van der Waals surface area contributed by atoms with E-state index in [1.807, 2.05) is 0 Å². The van der Waals surface area contributed by atoms with E-state index < -0.39 is 0 Å². The number of hydrogen-bond acceptors (Lipinski definition) is 2. The SMILES string of the molecule is Cc1ccc2c(c1)OCCCN2C. The van der Waals surface area contributed by atoms with Crippen molar-refractivity contribution < 1.29 is 4.74 Å². The van der Waals surface area contributed by atoms with Gasteiger partial charge in [0.1, 0.15) is 5.75 Å². The highest BCUT2D eigenvalue weighted by atomic mass is 16.5. The van der Waals surface area contributed by atoms with Gasteiger partial charge in [-0.2, -0.15) is 0 Å². The molecule has 0 radical (unpaired) electrons. The molecule has 1 aromatic rings. The van der Waals surface area contributed by atoms with E-state index in [0.717, 1.165) is 25.3 Å². The Morgan fingerprint density at radius 1 is 1.38 bits per heavy atom. The van der Waals surface area contributed by atoms with Gasteiger partial charge in [-0.25, -0.2) is 0 Å². The normalized spacial score (nSPS) is 16.0. The first-order chi connectivity index (χ1) is 6.27. The average Bonchev–Trinajstić information content (AvgIpc) is 2.28. The Bertz CT molecular complexity index is 309. The summed E-state index contributed by atoms with van der Waals surface area (Å²) in [5.74, 6) is 1.03. The van der Waals surface area contributed by atoms with Crippen molar-refractivity contribution in [2.45, 2.75) is 13.3 Å². The quantitative estimate of drug-likeness (QED) is 0.602. The second kappa shape index (κ2) is 3.29. The Morgan fingerprint density at radius 3 is 3.08 bits per heavy atom. The Balaban J connectivity index is 2.42. The summed E-state index contributed by atoms with van der Waals surface area (Å²) in [4.78, 5) is 2.25. The molecule has 0 saturated heterocycles. The summed E-state index contributed by atoms with van der Waals surface area (Å²) in [5, 5.41) is 0. The molecule has 13 heavy (non-hydrogen) atoms. The van der Waals surface area contributed by atoms with Crippen LogP contribution >= 0.6 is 0 Å². The molecule has 0 aliphatic carbocycles. The third-order valence-corrected chi connectivity index (χ3v) is 2.42. The van der Waals surface area contributed by atoms with Crippen molar-refractivity contribution in [1.82, 2.24) is 0 Å². The Kier molecular flexibility index (Phi) is 2.13. The third kappa shape index (κ3) is 1.62. The van der Waals surface area contributed by atoms with Gasteiger partial charge >= 0.3 is 0 Å². The van der Waals surface area contributed by atoms with Crippen LogP contribution in [-0.4, -0.2) is 20.2 Å². The highest BCUT2D eigenvalue weighted by Crippen LogP contribution is 2.30. The fourth-order valence-electron chi connectivity index (χ4n) is 1.66. The first-order valence-electron chi connectivity index (χ1n) is 4.72. The van der Waals surface area contributed by atoms with Gasteiger partial charge in [-0.05, 0) is 31.0 Å². The zero-order chi connectivity index (χ0) is 9.26. The van der Waals surface area contributed by atoms with Gasteiger partial charge in [0.2, 0.25) is 0 Å². The number of benzene rings is 1. The van der Waals surface area contributed by atoms with Crippen LogP contribution in [-0.2, 0) is 0 Å². The van der Waals surface area contributed by atoms with Crippen LogP contribution in [0, 0.1) is 6.92 Å². The molecule has 0 saturated carbocycles. The molecular weight excluding hydrogens is 162 g/mol. The number of rotatable bonds is 0. The van der Waals surface area contributed by atoms with Crippen molar-refractivity contribution in [2.75, 3.05) is 25.1 Å². The fourth-order valence-corrected chi connectivity index (χ4v) is 1.66. The van der Waals surface area contributed by atoms with Gasteiger partial charge in [-0.3, -0.25) is 0 Å². The first-order valence-corrected chi connectivity index (χ1v) is 4.72. The molecule has 0 spiro atoms. The molecule has 0 N–H and O–H groups in total. The third-order valence-electron chi connectivity index (χ3n) is 2.42. The van der Waals surface area contributed by atoms with E-state index in [9.17, 15) is 0 Å². The van der Waals surface area contributed by atoms with Crippen molar-refractivity contribution >= 4 is 5.69 Å². The second-order valence-corrected chi connectivity index (χ2v) is 3.59. The topological polar surface area (TPSA) is 12.5 Å². The maximum absolute atomic E-state index is 5.66. The Morgan fingerprint density at radius 2 is 2.23 bits per heavy atom. The highest BCUT2D eigenvalue weighted by Gasteiger charge is 2.12. The minimum Gasteiger partial charge on any atom is -0.491 e. The van der Waals surface area contributed by atoms with E-state index in [0.29, 0.717) is 0 Å². The molecule has 0 atom stereocenters. The van der Waals surface area contributed by atoms with Crippen LogP contribution in [0.25, 0.3) is 0 Å². The number of ether oxygens (including phenoxy) is 1. The van der Waals surface area contributed by atoms with Crippen molar-refractivity contribution in [1.29, 1.82) is 0 Å². The molecule has 2 rings (SSSR count). The van der Waals surface area contributed by atoms with Gasteiger partial charge < -0.3 is 9.64 Å². The molecule has 1 heterocycles. The molecule has 0 bridgehead atoms. The molecule has 1 aliphatic heterocycles. The Labute approximate surface area is 79.1 Å². The van der Waals surface area contributed by atoms with Crippen LogP contribution in [0.15, 0.2) is 18.2 Å². The predicted octanol–water partition coefficient (Wildman–Crippen LogP) is 2.21. The van der Waals surface area contributed by atoms with Gasteiger partial charge in [0, 0.05) is 13.6 Å².